The Balaban J connectivity index is 2.16. The molecule has 0 radical (unpaired) electrons. The molecule has 1 saturated heterocycles. The van der Waals surface area contributed by atoms with Crippen molar-refractivity contribution in [2.24, 2.45) is 0 Å². The first-order valence-electron chi connectivity index (χ1n) is 6.58. The summed E-state index contributed by atoms with van der Waals surface area (Å²) in [4.78, 5) is 5.89. The van der Waals surface area contributed by atoms with Crippen LogP contribution >= 0.6 is 0 Å². The van der Waals surface area contributed by atoms with Crippen LogP contribution in [0.2, 0.25) is 0 Å². The number of hydrogen-bond donors (Lipinski definition) is 0. The van der Waals surface area contributed by atoms with E-state index in [1.165, 1.54) is 16.6 Å². The van der Waals surface area contributed by atoms with E-state index in [1.807, 2.05) is 0 Å². The number of aromatic nitrogens is 1. The first-order chi connectivity index (χ1) is 9.23. The number of sulfonamides is 1. The van der Waals surface area contributed by atoms with Crippen molar-refractivity contribution < 1.29 is 12.8 Å². The Kier molecular flexibility index (Phi) is 4.13. The lowest BCUT2D eigenvalue weighted by Gasteiger charge is -2.41. The number of nitrogens with zero attached hydrogens (tertiary/aromatic N) is 3. The van der Waals surface area contributed by atoms with Gasteiger partial charge in [-0.1, -0.05) is 0 Å². The second-order valence-corrected chi connectivity index (χ2v) is 7.71. The van der Waals surface area contributed by atoms with E-state index in [0.717, 1.165) is 6.07 Å². The summed E-state index contributed by atoms with van der Waals surface area (Å²) in [6, 6.07) is 2.50. The standard InChI is InChI=1S/C13H20FN3O2S/c1-13(2,3)16-7-9-17(10-8-16)20(18,19)12-11(14)5-4-6-15-12/h4-6H,7-10H2,1-3H3. The molecule has 0 N–H and O–H groups in total. The SMILES string of the molecule is CC(C)(C)N1CCN(S(=O)(=O)c2ncccc2F)CC1. The van der Waals surface area contributed by atoms with Crippen LogP contribution in [0.1, 0.15) is 20.8 Å². The first kappa shape index (κ1) is 15.3. The van der Waals surface area contributed by atoms with Crippen LogP contribution in [0.5, 0.6) is 0 Å². The van der Waals surface area contributed by atoms with Crippen molar-refractivity contribution in [3.8, 4) is 0 Å². The Morgan fingerprint density at radius 3 is 2.30 bits per heavy atom. The molecule has 0 unspecified atom stereocenters. The van der Waals surface area contributed by atoms with Crippen LogP contribution in [0.15, 0.2) is 23.4 Å². The maximum absolute atomic E-state index is 13.6. The predicted molar refractivity (Wildman–Crippen MR) is 74.3 cm³/mol. The third-order valence-corrected chi connectivity index (χ3v) is 5.33. The van der Waals surface area contributed by atoms with Gasteiger partial charge in [-0.25, -0.2) is 17.8 Å². The fourth-order valence-corrected chi connectivity index (χ4v) is 3.68. The minimum atomic E-state index is -3.84. The van der Waals surface area contributed by atoms with Crippen molar-refractivity contribution in [1.82, 2.24) is 14.2 Å². The highest BCUT2D eigenvalue weighted by atomic mass is 32.2. The van der Waals surface area contributed by atoms with Crippen LogP contribution in [-0.2, 0) is 10.0 Å². The number of hydrogen-bond acceptors (Lipinski definition) is 4. The van der Waals surface area contributed by atoms with Crippen molar-refractivity contribution in [3.05, 3.63) is 24.1 Å². The molecule has 5 nitrogen and oxygen atoms in total. The monoisotopic (exact) mass is 301 g/mol. The maximum atomic E-state index is 13.6. The van der Waals surface area contributed by atoms with E-state index in [2.05, 4.69) is 30.7 Å². The van der Waals surface area contributed by atoms with Gasteiger partial charge in [-0.05, 0) is 32.9 Å². The van der Waals surface area contributed by atoms with E-state index in [1.54, 1.807) is 0 Å². The Hall–Kier alpha value is -1.05. The zero-order chi connectivity index (χ0) is 15.0. The molecule has 0 saturated carbocycles. The predicted octanol–water partition coefficient (Wildman–Crippen LogP) is 1.33. The molecule has 7 heteroatoms. The van der Waals surface area contributed by atoms with E-state index in [9.17, 15) is 12.8 Å². The number of halogens is 1. The molecule has 0 bridgehead atoms. The lowest BCUT2D eigenvalue weighted by atomic mass is 10.1. The molecule has 1 aromatic heterocycles. The summed E-state index contributed by atoms with van der Waals surface area (Å²) in [6.45, 7) is 8.26. The van der Waals surface area contributed by atoms with Gasteiger partial charge in [0.1, 0.15) is 0 Å². The van der Waals surface area contributed by atoms with Gasteiger partial charge < -0.3 is 0 Å². The molecule has 20 heavy (non-hydrogen) atoms. The van der Waals surface area contributed by atoms with Gasteiger partial charge in [-0.2, -0.15) is 4.31 Å². The topological polar surface area (TPSA) is 53.5 Å². The number of piperazine rings is 1. The van der Waals surface area contributed by atoms with Gasteiger partial charge in [0.25, 0.3) is 10.0 Å². The molecule has 0 aliphatic carbocycles. The highest BCUT2D eigenvalue weighted by Crippen LogP contribution is 2.21. The summed E-state index contributed by atoms with van der Waals surface area (Å²) in [6.07, 6.45) is 1.29. The largest absolute Gasteiger partial charge is 0.296 e. The van der Waals surface area contributed by atoms with Crippen LogP contribution in [-0.4, -0.2) is 54.3 Å². The normalized spacial score (nSPS) is 19.2. The molecule has 2 rings (SSSR count). The first-order valence-corrected chi connectivity index (χ1v) is 8.02. The van der Waals surface area contributed by atoms with Crippen molar-refractivity contribution in [1.29, 1.82) is 0 Å². The second kappa shape index (κ2) is 5.38. The van der Waals surface area contributed by atoms with Crippen molar-refractivity contribution >= 4 is 10.0 Å². The Morgan fingerprint density at radius 1 is 1.20 bits per heavy atom. The van der Waals surface area contributed by atoms with Crippen molar-refractivity contribution in [2.45, 2.75) is 31.3 Å². The molecular formula is C13H20FN3O2S. The van der Waals surface area contributed by atoms with Crippen molar-refractivity contribution in [3.63, 3.8) is 0 Å². The van der Waals surface area contributed by atoms with Gasteiger partial charge in [0.15, 0.2) is 5.82 Å². The summed E-state index contributed by atoms with van der Waals surface area (Å²) in [5, 5.41) is -0.482. The molecule has 1 aliphatic heterocycles. The lowest BCUT2D eigenvalue weighted by Crippen LogP contribution is -2.54. The number of rotatable bonds is 2. The highest BCUT2D eigenvalue weighted by molar-refractivity contribution is 7.89. The van der Waals surface area contributed by atoms with Gasteiger partial charge in [0, 0.05) is 37.9 Å². The molecule has 0 amide bonds. The summed E-state index contributed by atoms with van der Waals surface area (Å²) >= 11 is 0. The van der Waals surface area contributed by atoms with Gasteiger partial charge in [0.2, 0.25) is 5.03 Å². The van der Waals surface area contributed by atoms with Crippen LogP contribution in [0.3, 0.4) is 0 Å². The molecule has 0 spiro atoms. The molecule has 2 heterocycles. The van der Waals surface area contributed by atoms with Crippen LogP contribution in [0.25, 0.3) is 0 Å². The van der Waals surface area contributed by atoms with Gasteiger partial charge in [-0.3, -0.25) is 4.90 Å². The van der Waals surface area contributed by atoms with E-state index in [0.29, 0.717) is 26.2 Å². The zero-order valence-corrected chi connectivity index (χ0v) is 12.8. The van der Waals surface area contributed by atoms with Gasteiger partial charge in [0.05, 0.1) is 0 Å². The molecule has 1 aliphatic rings. The maximum Gasteiger partial charge on any atom is 0.263 e. The lowest BCUT2D eigenvalue weighted by molar-refractivity contribution is 0.0920. The smallest absolute Gasteiger partial charge is 0.263 e. The summed E-state index contributed by atoms with van der Waals surface area (Å²) in [5.41, 5.74) is 0.00605. The quantitative estimate of drug-likeness (QED) is 0.827. The average molecular weight is 301 g/mol. The molecule has 0 aromatic carbocycles. The third-order valence-electron chi connectivity index (χ3n) is 3.50. The molecule has 1 aromatic rings. The van der Waals surface area contributed by atoms with Crippen molar-refractivity contribution in [2.75, 3.05) is 26.2 Å². The van der Waals surface area contributed by atoms with Crippen LogP contribution < -0.4 is 0 Å². The van der Waals surface area contributed by atoms with E-state index < -0.39 is 20.9 Å². The molecule has 112 valence electrons. The van der Waals surface area contributed by atoms with Gasteiger partial charge >= 0.3 is 0 Å². The molecule has 0 atom stereocenters. The third kappa shape index (κ3) is 2.99. The van der Waals surface area contributed by atoms with E-state index in [4.69, 9.17) is 0 Å². The second-order valence-electron chi connectivity index (χ2n) is 5.85. The highest BCUT2D eigenvalue weighted by Gasteiger charge is 2.34. The Morgan fingerprint density at radius 2 is 1.80 bits per heavy atom. The fourth-order valence-electron chi connectivity index (χ4n) is 2.28. The summed E-state index contributed by atoms with van der Waals surface area (Å²) in [5.74, 6) is -0.800. The molecule has 1 fully saturated rings. The minimum Gasteiger partial charge on any atom is -0.296 e. The summed E-state index contributed by atoms with van der Waals surface area (Å²) < 4.78 is 39.7. The van der Waals surface area contributed by atoms with E-state index in [-0.39, 0.29) is 5.54 Å². The Bertz CT molecular complexity index is 576. The zero-order valence-electron chi connectivity index (χ0n) is 12.0. The van der Waals surface area contributed by atoms with Crippen LogP contribution in [0, 0.1) is 5.82 Å². The van der Waals surface area contributed by atoms with Gasteiger partial charge in [-0.15, -0.1) is 0 Å². The Labute approximate surface area is 119 Å². The number of pyridine rings is 1. The summed E-state index contributed by atoms with van der Waals surface area (Å²) in [7, 11) is -3.84. The van der Waals surface area contributed by atoms with Crippen LogP contribution in [0.4, 0.5) is 4.39 Å². The molecular weight excluding hydrogens is 281 g/mol. The van der Waals surface area contributed by atoms with E-state index >= 15 is 0 Å². The fraction of sp³-hybridized carbons (Fsp3) is 0.615. The average Bonchev–Trinajstić information content (AvgIpc) is 2.38. The minimum absolute atomic E-state index is 0.00605.